The van der Waals surface area contributed by atoms with Crippen LogP contribution in [0.25, 0.3) is 0 Å². The SMILES string of the molecule is NC(CC(F)(F)c1ccccc1)C(=O)OCc1ccccc1. The fourth-order valence-electron chi connectivity index (χ4n) is 2.00. The Hall–Kier alpha value is -2.27. The van der Waals surface area contributed by atoms with E-state index < -0.39 is 24.4 Å². The van der Waals surface area contributed by atoms with Crippen molar-refractivity contribution in [2.75, 3.05) is 0 Å². The first-order valence-electron chi connectivity index (χ1n) is 6.88. The molecule has 2 N–H and O–H groups in total. The molecular weight excluding hydrogens is 288 g/mol. The van der Waals surface area contributed by atoms with Crippen LogP contribution in [-0.4, -0.2) is 12.0 Å². The lowest BCUT2D eigenvalue weighted by Gasteiger charge is -2.20. The van der Waals surface area contributed by atoms with Crippen LogP contribution in [0, 0.1) is 0 Å². The van der Waals surface area contributed by atoms with Crippen molar-refractivity contribution >= 4 is 5.97 Å². The Balaban J connectivity index is 1.91. The zero-order valence-electron chi connectivity index (χ0n) is 11.9. The smallest absolute Gasteiger partial charge is 0.323 e. The quantitative estimate of drug-likeness (QED) is 0.834. The molecule has 2 aromatic carbocycles. The van der Waals surface area contributed by atoms with Crippen molar-refractivity contribution < 1.29 is 18.3 Å². The van der Waals surface area contributed by atoms with E-state index in [1.165, 1.54) is 24.3 Å². The lowest BCUT2D eigenvalue weighted by molar-refractivity contribution is -0.149. The zero-order chi connectivity index (χ0) is 16.0. The first-order valence-corrected chi connectivity index (χ1v) is 6.88. The van der Waals surface area contributed by atoms with Gasteiger partial charge in [-0.05, 0) is 5.56 Å². The van der Waals surface area contributed by atoms with E-state index in [4.69, 9.17) is 10.5 Å². The molecule has 2 aromatic rings. The molecule has 0 heterocycles. The van der Waals surface area contributed by atoms with E-state index >= 15 is 0 Å². The average molecular weight is 305 g/mol. The number of alkyl halides is 2. The van der Waals surface area contributed by atoms with E-state index in [0.717, 1.165) is 5.56 Å². The molecule has 0 spiro atoms. The Bertz CT molecular complexity index is 603. The van der Waals surface area contributed by atoms with Gasteiger partial charge >= 0.3 is 5.97 Å². The number of ether oxygens (including phenoxy) is 1. The maximum absolute atomic E-state index is 14.0. The van der Waals surface area contributed by atoms with Crippen molar-refractivity contribution in [2.45, 2.75) is 25.0 Å². The molecule has 22 heavy (non-hydrogen) atoms. The molecular formula is C17H17F2NO2. The van der Waals surface area contributed by atoms with Gasteiger partial charge in [-0.15, -0.1) is 0 Å². The fraction of sp³-hybridized carbons (Fsp3) is 0.235. The normalized spacial score (nSPS) is 12.7. The van der Waals surface area contributed by atoms with Crippen molar-refractivity contribution in [1.82, 2.24) is 0 Å². The number of benzene rings is 2. The van der Waals surface area contributed by atoms with Crippen molar-refractivity contribution in [3.05, 3.63) is 71.8 Å². The Morgan fingerprint density at radius 1 is 1.05 bits per heavy atom. The molecule has 0 saturated heterocycles. The molecule has 0 bridgehead atoms. The second kappa shape index (κ2) is 7.13. The summed E-state index contributed by atoms with van der Waals surface area (Å²) in [6.45, 7) is 0.0181. The van der Waals surface area contributed by atoms with Crippen LogP contribution in [0.4, 0.5) is 8.78 Å². The lowest BCUT2D eigenvalue weighted by Crippen LogP contribution is -2.37. The molecule has 116 valence electrons. The maximum atomic E-state index is 14.0. The van der Waals surface area contributed by atoms with Gasteiger partial charge < -0.3 is 10.5 Å². The lowest BCUT2D eigenvalue weighted by atomic mass is 10.0. The third-order valence-electron chi connectivity index (χ3n) is 3.20. The van der Waals surface area contributed by atoms with Crippen LogP contribution in [0.5, 0.6) is 0 Å². The molecule has 5 heteroatoms. The van der Waals surface area contributed by atoms with E-state index in [0.29, 0.717) is 0 Å². The zero-order valence-corrected chi connectivity index (χ0v) is 11.9. The summed E-state index contributed by atoms with van der Waals surface area (Å²) < 4.78 is 33.1. The van der Waals surface area contributed by atoms with Crippen LogP contribution in [-0.2, 0) is 22.1 Å². The predicted molar refractivity (Wildman–Crippen MR) is 79.2 cm³/mol. The molecule has 0 amide bonds. The maximum Gasteiger partial charge on any atom is 0.323 e. The Kier molecular flexibility index (Phi) is 5.22. The van der Waals surface area contributed by atoms with Gasteiger partial charge in [0.2, 0.25) is 0 Å². The molecule has 3 nitrogen and oxygen atoms in total. The van der Waals surface area contributed by atoms with Crippen molar-refractivity contribution in [3.63, 3.8) is 0 Å². The number of rotatable bonds is 6. The number of esters is 1. The standard InChI is InChI=1S/C17H17F2NO2/c18-17(19,14-9-5-2-6-10-14)11-15(20)16(21)22-12-13-7-3-1-4-8-13/h1-10,15H,11-12,20H2. The molecule has 1 unspecified atom stereocenters. The first-order chi connectivity index (χ1) is 10.5. The summed E-state index contributed by atoms with van der Waals surface area (Å²) in [6.07, 6.45) is -0.787. The summed E-state index contributed by atoms with van der Waals surface area (Å²) in [7, 11) is 0. The summed E-state index contributed by atoms with van der Waals surface area (Å²) in [4.78, 5) is 11.7. The summed E-state index contributed by atoms with van der Waals surface area (Å²) in [5.74, 6) is -4.01. The van der Waals surface area contributed by atoms with Crippen LogP contribution < -0.4 is 5.73 Å². The topological polar surface area (TPSA) is 52.3 Å². The number of hydrogen-bond acceptors (Lipinski definition) is 3. The summed E-state index contributed by atoms with van der Waals surface area (Å²) in [5, 5.41) is 0. The van der Waals surface area contributed by atoms with Gasteiger partial charge in [-0.1, -0.05) is 60.7 Å². The summed E-state index contributed by atoms with van der Waals surface area (Å²) >= 11 is 0. The van der Waals surface area contributed by atoms with Crippen molar-refractivity contribution in [2.24, 2.45) is 5.73 Å². The third-order valence-corrected chi connectivity index (χ3v) is 3.20. The van der Waals surface area contributed by atoms with Gasteiger partial charge in [-0.3, -0.25) is 4.79 Å². The summed E-state index contributed by atoms with van der Waals surface area (Å²) in [6, 6.07) is 14.9. The Labute approximate surface area is 127 Å². The average Bonchev–Trinajstić information content (AvgIpc) is 2.54. The van der Waals surface area contributed by atoms with Crippen LogP contribution in [0.3, 0.4) is 0 Å². The second-order valence-corrected chi connectivity index (χ2v) is 4.97. The number of hydrogen-bond donors (Lipinski definition) is 1. The summed E-state index contributed by atoms with van der Waals surface area (Å²) in [5.41, 5.74) is 6.16. The number of carbonyl (C=O) groups excluding carboxylic acids is 1. The minimum Gasteiger partial charge on any atom is -0.460 e. The Morgan fingerprint density at radius 2 is 1.59 bits per heavy atom. The van der Waals surface area contributed by atoms with E-state index in [2.05, 4.69) is 0 Å². The largest absolute Gasteiger partial charge is 0.460 e. The highest BCUT2D eigenvalue weighted by Gasteiger charge is 2.36. The van der Waals surface area contributed by atoms with Crippen LogP contribution in [0.15, 0.2) is 60.7 Å². The number of halogens is 2. The fourth-order valence-corrected chi connectivity index (χ4v) is 2.00. The monoisotopic (exact) mass is 305 g/mol. The van der Waals surface area contributed by atoms with Crippen molar-refractivity contribution in [3.8, 4) is 0 Å². The highest BCUT2D eigenvalue weighted by Crippen LogP contribution is 2.32. The van der Waals surface area contributed by atoms with E-state index in [9.17, 15) is 13.6 Å². The molecule has 0 radical (unpaired) electrons. The molecule has 0 aromatic heterocycles. The van der Waals surface area contributed by atoms with Gasteiger partial charge in [-0.25, -0.2) is 8.78 Å². The Morgan fingerprint density at radius 3 is 2.18 bits per heavy atom. The third kappa shape index (κ3) is 4.36. The molecule has 2 rings (SSSR count). The van der Waals surface area contributed by atoms with Gasteiger partial charge in [0, 0.05) is 12.0 Å². The van der Waals surface area contributed by atoms with Crippen LogP contribution in [0.1, 0.15) is 17.5 Å². The van der Waals surface area contributed by atoms with Gasteiger partial charge in [-0.2, -0.15) is 0 Å². The second-order valence-electron chi connectivity index (χ2n) is 4.97. The highest BCUT2D eigenvalue weighted by atomic mass is 19.3. The predicted octanol–water partition coefficient (Wildman–Crippen LogP) is 3.24. The molecule has 0 aliphatic carbocycles. The number of carbonyl (C=O) groups is 1. The molecule has 1 atom stereocenters. The van der Waals surface area contributed by atoms with E-state index in [-0.39, 0.29) is 12.2 Å². The first kappa shape index (κ1) is 16.1. The highest BCUT2D eigenvalue weighted by molar-refractivity contribution is 5.75. The van der Waals surface area contributed by atoms with Gasteiger partial charge in [0.05, 0.1) is 0 Å². The van der Waals surface area contributed by atoms with Crippen molar-refractivity contribution in [1.29, 1.82) is 0 Å². The number of nitrogens with two attached hydrogens (primary N) is 1. The van der Waals surface area contributed by atoms with Gasteiger partial charge in [0.25, 0.3) is 5.92 Å². The molecule has 0 aliphatic heterocycles. The van der Waals surface area contributed by atoms with E-state index in [1.54, 1.807) is 30.3 Å². The molecule has 0 fully saturated rings. The van der Waals surface area contributed by atoms with Gasteiger partial charge in [0.15, 0.2) is 0 Å². The molecule has 0 aliphatic rings. The van der Waals surface area contributed by atoms with E-state index in [1.807, 2.05) is 6.07 Å². The molecule has 0 saturated carbocycles. The minimum atomic E-state index is -3.17. The van der Waals surface area contributed by atoms with Gasteiger partial charge in [0.1, 0.15) is 12.6 Å². The minimum absolute atomic E-state index is 0.0181. The van der Waals surface area contributed by atoms with Crippen LogP contribution in [0.2, 0.25) is 0 Å². The van der Waals surface area contributed by atoms with Crippen LogP contribution >= 0.6 is 0 Å².